The van der Waals surface area contributed by atoms with Gasteiger partial charge in [0.05, 0.1) is 10.0 Å². The van der Waals surface area contributed by atoms with Crippen molar-refractivity contribution in [2.24, 2.45) is 0 Å². The van der Waals surface area contributed by atoms with Crippen molar-refractivity contribution in [2.75, 3.05) is 5.75 Å². The smallest absolute Gasteiger partial charge is 0.231 e. The highest BCUT2D eigenvalue weighted by molar-refractivity contribution is 7.99. The maximum Gasteiger partial charge on any atom is 0.301 e. The fourth-order valence-corrected chi connectivity index (χ4v) is 3.65. The number of hydrogen-bond donors (Lipinski definition) is 0. The predicted octanol–water partition coefficient (Wildman–Crippen LogP) is 6.07. The van der Waals surface area contributed by atoms with Gasteiger partial charge in [-0.25, -0.2) is 14.4 Å². The van der Waals surface area contributed by atoms with Gasteiger partial charge in [-0.05, 0) is 12.1 Å². The molecule has 0 saturated carbocycles. The first-order chi connectivity index (χ1) is 9.97. The van der Waals surface area contributed by atoms with E-state index in [1.54, 1.807) is 12.1 Å². The van der Waals surface area contributed by atoms with Gasteiger partial charge >= 0.3 is 6.08 Å². The molecule has 0 unspecified atom stereocenters. The summed E-state index contributed by atoms with van der Waals surface area (Å²) in [5, 5.41) is 0.359. The Hall–Kier alpha value is -0.760. The fourth-order valence-electron chi connectivity index (χ4n) is 1.40. The van der Waals surface area contributed by atoms with Gasteiger partial charge in [-0.2, -0.15) is 8.78 Å². The lowest BCUT2D eigenvalue weighted by atomic mass is 10.2. The second-order valence-corrected chi connectivity index (χ2v) is 7.07. The Kier molecular flexibility index (Phi) is 5.92. The largest absolute Gasteiger partial charge is 0.301 e. The zero-order valence-electron chi connectivity index (χ0n) is 10.2. The van der Waals surface area contributed by atoms with E-state index in [1.165, 1.54) is 17.5 Å². The van der Waals surface area contributed by atoms with Gasteiger partial charge in [0, 0.05) is 23.9 Å². The van der Waals surface area contributed by atoms with Gasteiger partial charge in [-0.1, -0.05) is 35.0 Å². The molecule has 0 amide bonds. The molecule has 2 nitrogen and oxygen atoms in total. The number of thioether (sulfide) groups is 1. The van der Waals surface area contributed by atoms with Crippen molar-refractivity contribution < 1.29 is 13.2 Å². The van der Waals surface area contributed by atoms with Crippen molar-refractivity contribution in [3.8, 4) is 11.3 Å². The average Bonchev–Trinajstić information content (AvgIpc) is 2.78. The predicted molar refractivity (Wildman–Crippen MR) is 81.1 cm³/mol. The summed E-state index contributed by atoms with van der Waals surface area (Å²) in [4.78, 5) is 8.24. The summed E-state index contributed by atoms with van der Waals surface area (Å²) >= 11 is 14.2. The number of allylic oxidation sites excluding steroid dienone is 1. The van der Waals surface area contributed by atoms with Crippen LogP contribution in [0.1, 0.15) is 6.42 Å². The van der Waals surface area contributed by atoms with E-state index in [4.69, 9.17) is 23.2 Å². The van der Waals surface area contributed by atoms with Crippen LogP contribution in [0.5, 0.6) is 0 Å². The Morgan fingerprint density at radius 1 is 1.29 bits per heavy atom. The number of halogens is 5. The van der Waals surface area contributed by atoms with Crippen LogP contribution >= 0.6 is 46.3 Å². The van der Waals surface area contributed by atoms with E-state index >= 15 is 0 Å². The molecule has 0 N–H and O–H groups in total. The maximum atomic E-state index is 12.7. The maximum absolute atomic E-state index is 12.7. The molecule has 2 heterocycles. The summed E-state index contributed by atoms with van der Waals surface area (Å²) in [6.07, 6.45) is -1.13. The quantitative estimate of drug-likeness (QED) is 0.471. The van der Waals surface area contributed by atoms with Crippen LogP contribution in [0.15, 0.2) is 35.4 Å². The average molecular weight is 371 g/mol. The van der Waals surface area contributed by atoms with Gasteiger partial charge in [0.25, 0.3) is 0 Å². The van der Waals surface area contributed by atoms with Crippen LogP contribution < -0.4 is 0 Å². The Morgan fingerprint density at radius 3 is 2.67 bits per heavy atom. The third-order valence-electron chi connectivity index (χ3n) is 2.32. The number of hydrogen-bond acceptors (Lipinski definition) is 4. The van der Waals surface area contributed by atoms with Crippen LogP contribution in [-0.4, -0.2) is 15.7 Å². The molecule has 0 aromatic carbocycles. The molecule has 0 saturated heterocycles. The molecule has 0 fully saturated rings. The molecular weight excluding hydrogens is 364 g/mol. The highest BCUT2D eigenvalue weighted by atomic mass is 35.5. The Balaban J connectivity index is 2.08. The molecule has 21 heavy (non-hydrogen) atoms. The monoisotopic (exact) mass is 370 g/mol. The molecular formula is C12H7Cl2F3N2S2. The molecule has 9 heteroatoms. The van der Waals surface area contributed by atoms with Crippen molar-refractivity contribution in [2.45, 2.75) is 11.6 Å². The topological polar surface area (TPSA) is 25.8 Å². The highest BCUT2D eigenvalue weighted by Gasteiger charge is 2.11. The van der Waals surface area contributed by atoms with Crippen molar-refractivity contribution in [3.63, 3.8) is 0 Å². The van der Waals surface area contributed by atoms with Crippen LogP contribution in [-0.2, 0) is 0 Å². The number of rotatable bonds is 5. The highest BCUT2D eigenvalue weighted by Crippen LogP contribution is 2.37. The molecule has 0 aliphatic carbocycles. The fraction of sp³-hybridized carbons (Fsp3) is 0.167. The molecule has 2 rings (SSSR count). The SMILES string of the molecule is FC(F)=C(F)CCSc1nccc(-c2cc(Cl)sc2Cl)n1. The van der Waals surface area contributed by atoms with Gasteiger partial charge in [0.1, 0.15) is 4.34 Å². The first-order valence-corrected chi connectivity index (χ1v) is 8.14. The molecule has 0 atom stereocenters. The minimum atomic E-state index is -2.29. The molecule has 0 radical (unpaired) electrons. The third kappa shape index (κ3) is 4.60. The lowest BCUT2D eigenvalue weighted by Gasteiger charge is -2.02. The summed E-state index contributed by atoms with van der Waals surface area (Å²) in [5.74, 6) is -1.29. The van der Waals surface area contributed by atoms with Crippen LogP contribution in [0, 0.1) is 0 Å². The summed E-state index contributed by atoms with van der Waals surface area (Å²) in [6.45, 7) is 0. The molecule has 112 valence electrons. The standard InChI is InChI=1S/C12H7Cl2F3N2S2/c13-9-5-6(10(14)21-9)8-1-3-18-12(19-8)20-4-2-7(15)11(16)17/h1,3,5H,2,4H2. The van der Waals surface area contributed by atoms with Crippen molar-refractivity contribution >= 4 is 46.3 Å². The van der Waals surface area contributed by atoms with E-state index in [0.29, 0.717) is 25.1 Å². The lowest BCUT2D eigenvalue weighted by Crippen LogP contribution is -1.91. The first kappa shape index (κ1) is 16.6. The molecule has 0 bridgehead atoms. The van der Waals surface area contributed by atoms with E-state index in [9.17, 15) is 13.2 Å². The molecule has 0 spiro atoms. The number of thiophene rings is 1. The van der Waals surface area contributed by atoms with Crippen molar-refractivity contribution in [3.05, 3.63) is 38.9 Å². The van der Waals surface area contributed by atoms with Gasteiger partial charge in [0.2, 0.25) is 0 Å². The second kappa shape index (κ2) is 7.49. The first-order valence-electron chi connectivity index (χ1n) is 5.58. The minimum absolute atomic E-state index is 0.116. The summed E-state index contributed by atoms with van der Waals surface area (Å²) in [6, 6.07) is 3.35. The minimum Gasteiger partial charge on any atom is -0.231 e. The van der Waals surface area contributed by atoms with E-state index in [2.05, 4.69) is 9.97 Å². The Bertz CT molecular complexity index is 672. The van der Waals surface area contributed by atoms with Gasteiger partial charge in [0.15, 0.2) is 11.0 Å². The van der Waals surface area contributed by atoms with Crippen molar-refractivity contribution in [1.82, 2.24) is 9.97 Å². The van der Waals surface area contributed by atoms with Gasteiger partial charge < -0.3 is 0 Å². The van der Waals surface area contributed by atoms with Crippen LogP contribution in [0.2, 0.25) is 8.67 Å². The normalized spacial score (nSPS) is 10.7. The van der Waals surface area contributed by atoms with Crippen LogP contribution in [0.25, 0.3) is 11.3 Å². The molecule has 2 aromatic heterocycles. The lowest BCUT2D eigenvalue weighted by molar-refractivity contribution is 0.373. The third-order valence-corrected chi connectivity index (χ3v) is 4.67. The number of nitrogens with zero attached hydrogens (tertiary/aromatic N) is 2. The van der Waals surface area contributed by atoms with E-state index in [0.717, 1.165) is 11.8 Å². The molecule has 0 aliphatic heterocycles. The van der Waals surface area contributed by atoms with Gasteiger partial charge in [-0.3, -0.25) is 0 Å². The second-order valence-electron chi connectivity index (χ2n) is 3.73. The Labute approximate surface area is 137 Å². The summed E-state index contributed by atoms with van der Waals surface area (Å²) in [7, 11) is 0. The summed E-state index contributed by atoms with van der Waals surface area (Å²) < 4.78 is 37.6. The zero-order chi connectivity index (χ0) is 15.4. The molecule has 2 aromatic rings. The molecule has 0 aliphatic rings. The number of aromatic nitrogens is 2. The van der Waals surface area contributed by atoms with Gasteiger partial charge in [-0.15, -0.1) is 11.3 Å². The van der Waals surface area contributed by atoms with E-state index in [1.807, 2.05) is 0 Å². The van der Waals surface area contributed by atoms with E-state index < -0.39 is 11.9 Å². The Morgan fingerprint density at radius 2 is 2.05 bits per heavy atom. The van der Waals surface area contributed by atoms with Crippen LogP contribution in [0.3, 0.4) is 0 Å². The van der Waals surface area contributed by atoms with Crippen LogP contribution in [0.4, 0.5) is 13.2 Å². The zero-order valence-corrected chi connectivity index (χ0v) is 13.4. The van der Waals surface area contributed by atoms with E-state index in [-0.39, 0.29) is 12.2 Å². The summed E-state index contributed by atoms with van der Waals surface area (Å²) in [5.41, 5.74) is 1.25. The van der Waals surface area contributed by atoms with Crippen molar-refractivity contribution in [1.29, 1.82) is 0 Å².